The highest BCUT2D eigenvalue weighted by atomic mass is 35.5. The first-order valence-electron chi connectivity index (χ1n) is 8.05. The highest BCUT2D eigenvalue weighted by molar-refractivity contribution is 6.33. The van der Waals surface area contributed by atoms with E-state index in [1.54, 1.807) is 36.4 Å². The zero-order chi connectivity index (χ0) is 19.3. The Hall–Kier alpha value is -2.86. The van der Waals surface area contributed by atoms with E-state index in [0.29, 0.717) is 21.8 Å². The van der Waals surface area contributed by atoms with Gasteiger partial charge in [0.15, 0.2) is 0 Å². The SMILES string of the molecule is CC(C)C(NC(=O)c1ccccc1Cl)C(=O)Nc1ccc(C(N)=O)cc1. The van der Waals surface area contributed by atoms with E-state index >= 15 is 0 Å². The molecular formula is C19H20ClN3O3. The second-order valence-corrected chi connectivity index (χ2v) is 6.51. The van der Waals surface area contributed by atoms with E-state index in [4.69, 9.17) is 17.3 Å². The molecule has 4 N–H and O–H groups in total. The third kappa shape index (κ3) is 4.83. The number of carbonyl (C=O) groups is 3. The van der Waals surface area contributed by atoms with Crippen molar-refractivity contribution < 1.29 is 14.4 Å². The standard InChI is InChI=1S/C19H20ClN3O3/c1-11(2)16(23-18(25)14-5-3-4-6-15(14)20)19(26)22-13-9-7-12(8-10-13)17(21)24/h3-11,16H,1-2H3,(H2,21,24)(H,22,26)(H,23,25). The first-order chi connectivity index (χ1) is 12.3. The fourth-order valence-corrected chi connectivity index (χ4v) is 2.56. The molecule has 0 heterocycles. The van der Waals surface area contributed by atoms with Crippen LogP contribution >= 0.6 is 11.6 Å². The van der Waals surface area contributed by atoms with Crippen molar-refractivity contribution >= 4 is 35.0 Å². The molecule has 26 heavy (non-hydrogen) atoms. The predicted octanol–water partition coefficient (Wildman–Crippen LogP) is 2.83. The van der Waals surface area contributed by atoms with Gasteiger partial charge in [-0.3, -0.25) is 14.4 Å². The number of hydrogen-bond acceptors (Lipinski definition) is 3. The maximum atomic E-state index is 12.6. The molecule has 0 aliphatic heterocycles. The van der Waals surface area contributed by atoms with Gasteiger partial charge in [0, 0.05) is 11.3 Å². The second-order valence-electron chi connectivity index (χ2n) is 6.11. The molecule has 2 aromatic carbocycles. The number of nitrogens with two attached hydrogens (primary N) is 1. The summed E-state index contributed by atoms with van der Waals surface area (Å²) in [5.74, 6) is -1.48. The molecule has 2 aromatic rings. The summed E-state index contributed by atoms with van der Waals surface area (Å²) in [6, 6.07) is 12.1. The summed E-state index contributed by atoms with van der Waals surface area (Å²) in [7, 11) is 0. The molecule has 0 bridgehead atoms. The fraction of sp³-hybridized carbons (Fsp3) is 0.211. The summed E-state index contributed by atoms with van der Waals surface area (Å²) < 4.78 is 0. The summed E-state index contributed by atoms with van der Waals surface area (Å²) in [5.41, 5.74) is 6.34. The first-order valence-corrected chi connectivity index (χ1v) is 8.43. The largest absolute Gasteiger partial charge is 0.366 e. The Morgan fingerprint density at radius 1 is 1.00 bits per heavy atom. The molecule has 0 spiro atoms. The molecular weight excluding hydrogens is 354 g/mol. The van der Waals surface area contributed by atoms with E-state index in [1.807, 2.05) is 13.8 Å². The summed E-state index contributed by atoms with van der Waals surface area (Å²) in [6.45, 7) is 3.65. The van der Waals surface area contributed by atoms with Crippen molar-refractivity contribution in [2.45, 2.75) is 19.9 Å². The summed E-state index contributed by atoms with van der Waals surface area (Å²) >= 11 is 6.03. The molecule has 7 heteroatoms. The number of carbonyl (C=O) groups excluding carboxylic acids is 3. The van der Waals surface area contributed by atoms with Gasteiger partial charge >= 0.3 is 0 Å². The van der Waals surface area contributed by atoms with Crippen molar-refractivity contribution in [3.05, 3.63) is 64.7 Å². The van der Waals surface area contributed by atoms with Crippen LogP contribution in [0.3, 0.4) is 0 Å². The molecule has 0 aromatic heterocycles. The average molecular weight is 374 g/mol. The maximum Gasteiger partial charge on any atom is 0.253 e. The Balaban J connectivity index is 2.11. The van der Waals surface area contributed by atoms with Gasteiger partial charge in [0.1, 0.15) is 6.04 Å². The van der Waals surface area contributed by atoms with E-state index < -0.39 is 17.9 Å². The number of rotatable bonds is 6. The minimum absolute atomic E-state index is 0.147. The van der Waals surface area contributed by atoms with Crippen LogP contribution in [-0.4, -0.2) is 23.8 Å². The van der Waals surface area contributed by atoms with Crippen LogP contribution in [0.25, 0.3) is 0 Å². The third-order valence-corrected chi connectivity index (χ3v) is 4.12. The van der Waals surface area contributed by atoms with E-state index in [-0.39, 0.29) is 11.8 Å². The van der Waals surface area contributed by atoms with E-state index in [9.17, 15) is 14.4 Å². The monoisotopic (exact) mass is 373 g/mol. The molecule has 3 amide bonds. The fourth-order valence-electron chi connectivity index (χ4n) is 2.34. The minimum atomic E-state index is -0.755. The van der Waals surface area contributed by atoms with Gasteiger partial charge in [-0.1, -0.05) is 37.6 Å². The summed E-state index contributed by atoms with van der Waals surface area (Å²) in [5, 5.41) is 5.75. The lowest BCUT2D eigenvalue weighted by Gasteiger charge is -2.22. The van der Waals surface area contributed by atoms with Crippen LogP contribution in [0.4, 0.5) is 5.69 Å². The van der Waals surface area contributed by atoms with E-state index in [0.717, 1.165) is 0 Å². The lowest BCUT2D eigenvalue weighted by atomic mass is 10.0. The van der Waals surface area contributed by atoms with E-state index in [1.165, 1.54) is 12.1 Å². The average Bonchev–Trinajstić information content (AvgIpc) is 2.59. The zero-order valence-corrected chi connectivity index (χ0v) is 15.2. The highest BCUT2D eigenvalue weighted by Crippen LogP contribution is 2.16. The second kappa shape index (κ2) is 8.49. The normalized spacial score (nSPS) is 11.7. The number of amides is 3. The molecule has 0 aliphatic rings. The van der Waals surface area contributed by atoms with Gasteiger partial charge in [-0.25, -0.2) is 0 Å². The zero-order valence-electron chi connectivity index (χ0n) is 14.5. The molecule has 1 atom stereocenters. The number of hydrogen-bond donors (Lipinski definition) is 3. The van der Waals surface area contributed by atoms with Gasteiger partial charge in [-0.05, 0) is 42.3 Å². The van der Waals surface area contributed by atoms with Crippen molar-refractivity contribution in [3.63, 3.8) is 0 Å². The van der Waals surface area contributed by atoms with Crippen LogP contribution in [0.15, 0.2) is 48.5 Å². The van der Waals surface area contributed by atoms with Gasteiger partial charge < -0.3 is 16.4 Å². The topological polar surface area (TPSA) is 101 Å². The summed E-state index contributed by atoms with van der Waals surface area (Å²) in [6.07, 6.45) is 0. The van der Waals surface area contributed by atoms with Gasteiger partial charge in [0.25, 0.3) is 5.91 Å². The van der Waals surface area contributed by atoms with Crippen molar-refractivity contribution in [1.29, 1.82) is 0 Å². The van der Waals surface area contributed by atoms with Crippen LogP contribution in [0.5, 0.6) is 0 Å². The Morgan fingerprint density at radius 2 is 1.62 bits per heavy atom. The molecule has 2 rings (SSSR count). The Labute approximate surface area is 156 Å². The van der Waals surface area contributed by atoms with Gasteiger partial charge in [-0.15, -0.1) is 0 Å². The molecule has 0 aliphatic carbocycles. The smallest absolute Gasteiger partial charge is 0.253 e. The lowest BCUT2D eigenvalue weighted by molar-refractivity contribution is -0.118. The highest BCUT2D eigenvalue weighted by Gasteiger charge is 2.25. The molecule has 0 saturated heterocycles. The molecule has 6 nitrogen and oxygen atoms in total. The van der Waals surface area contributed by atoms with Crippen LogP contribution < -0.4 is 16.4 Å². The van der Waals surface area contributed by atoms with Crippen LogP contribution in [-0.2, 0) is 4.79 Å². The van der Waals surface area contributed by atoms with Crippen molar-refractivity contribution in [2.75, 3.05) is 5.32 Å². The van der Waals surface area contributed by atoms with Crippen molar-refractivity contribution in [2.24, 2.45) is 11.7 Å². The number of nitrogens with one attached hydrogen (secondary N) is 2. The maximum absolute atomic E-state index is 12.6. The predicted molar refractivity (Wildman–Crippen MR) is 101 cm³/mol. The number of anilines is 1. The van der Waals surface area contributed by atoms with Crippen LogP contribution in [0, 0.1) is 5.92 Å². The Morgan fingerprint density at radius 3 is 2.15 bits per heavy atom. The van der Waals surface area contributed by atoms with Gasteiger partial charge in [0.2, 0.25) is 11.8 Å². The molecule has 1 unspecified atom stereocenters. The third-order valence-electron chi connectivity index (χ3n) is 3.79. The van der Waals surface area contributed by atoms with Gasteiger partial charge in [-0.2, -0.15) is 0 Å². The van der Waals surface area contributed by atoms with Crippen LogP contribution in [0.2, 0.25) is 5.02 Å². The summed E-state index contributed by atoms with van der Waals surface area (Å²) in [4.78, 5) is 36.1. The first kappa shape index (κ1) is 19.5. The quantitative estimate of drug-likeness (QED) is 0.725. The van der Waals surface area contributed by atoms with Crippen molar-refractivity contribution in [3.8, 4) is 0 Å². The number of halogens is 1. The van der Waals surface area contributed by atoms with E-state index in [2.05, 4.69) is 10.6 Å². The van der Waals surface area contributed by atoms with Crippen LogP contribution in [0.1, 0.15) is 34.6 Å². The number of benzene rings is 2. The van der Waals surface area contributed by atoms with Crippen molar-refractivity contribution in [1.82, 2.24) is 5.32 Å². The molecule has 0 radical (unpaired) electrons. The molecule has 0 fully saturated rings. The number of primary amides is 1. The Kier molecular flexibility index (Phi) is 6.36. The Bertz CT molecular complexity index is 819. The molecule has 136 valence electrons. The molecule has 0 saturated carbocycles. The van der Waals surface area contributed by atoms with Gasteiger partial charge in [0.05, 0.1) is 10.6 Å². The lowest BCUT2D eigenvalue weighted by Crippen LogP contribution is -2.47. The minimum Gasteiger partial charge on any atom is -0.366 e.